The SMILES string of the molecule is CCn1nc(C)cc1CC(C)(O)c1cc(C)cc(C)c1. The fourth-order valence-corrected chi connectivity index (χ4v) is 2.76. The Labute approximate surface area is 121 Å². The third-order valence-electron chi connectivity index (χ3n) is 3.65. The van der Waals surface area contributed by atoms with Crippen LogP contribution in [0.1, 0.15) is 41.9 Å². The highest BCUT2D eigenvalue weighted by Gasteiger charge is 2.26. The molecule has 1 N–H and O–H groups in total. The summed E-state index contributed by atoms with van der Waals surface area (Å²) in [6.07, 6.45) is 0.574. The van der Waals surface area contributed by atoms with E-state index in [9.17, 15) is 5.11 Å². The number of hydrogen-bond acceptors (Lipinski definition) is 2. The van der Waals surface area contributed by atoms with Crippen LogP contribution in [-0.2, 0) is 18.6 Å². The van der Waals surface area contributed by atoms with Crippen LogP contribution in [0.15, 0.2) is 24.3 Å². The highest BCUT2D eigenvalue weighted by molar-refractivity contribution is 5.33. The van der Waals surface area contributed by atoms with Gasteiger partial charge < -0.3 is 5.11 Å². The predicted octanol–water partition coefficient (Wildman–Crippen LogP) is 3.28. The lowest BCUT2D eigenvalue weighted by molar-refractivity contribution is 0.0553. The summed E-state index contributed by atoms with van der Waals surface area (Å²) in [4.78, 5) is 0. The lowest BCUT2D eigenvalue weighted by Crippen LogP contribution is -2.26. The van der Waals surface area contributed by atoms with E-state index in [0.717, 1.165) is 23.5 Å². The van der Waals surface area contributed by atoms with Gasteiger partial charge in [-0.1, -0.05) is 29.3 Å². The molecular weight excluding hydrogens is 248 g/mol. The number of hydrogen-bond donors (Lipinski definition) is 1. The summed E-state index contributed by atoms with van der Waals surface area (Å²) < 4.78 is 1.96. The normalized spacial score (nSPS) is 14.3. The first-order valence-electron chi connectivity index (χ1n) is 7.16. The molecule has 0 aliphatic heterocycles. The van der Waals surface area contributed by atoms with Gasteiger partial charge in [0.15, 0.2) is 0 Å². The fraction of sp³-hybridized carbons (Fsp3) is 0.471. The van der Waals surface area contributed by atoms with Crippen LogP contribution >= 0.6 is 0 Å². The van der Waals surface area contributed by atoms with E-state index in [1.54, 1.807) is 0 Å². The number of aromatic nitrogens is 2. The third kappa shape index (κ3) is 3.10. The molecule has 2 aromatic rings. The van der Waals surface area contributed by atoms with E-state index in [0.29, 0.717) is 6.42 Å². The van der Waals surface area contributed by atoms with Gasteiger partial charge in [-0.05, 0) is 46.2 Å². The highest BCUT2D eigenvalue weighted by atomic mass is 16.3. The second kappa shape index (κ2) is 5.41. The van der Waals surface area contributed by atoms with Crippen LogP contribution in [-0.4, -0.2) is 14.9 Å². The summed E-state index contributed by atoms with van der Waals surface area (Å²) in [6.45, 7) is 10.9. The van der Waals surface area contributed by atoms with Gasteiger partial charge in [-0.25, -0.2) is 0 Å². The first-order valence-corrected chi connectivity index (χ1v) is 7.16. The number of nitrogens with zero attached hydrogens (tertiary/aromatic N) is 2. The molecule has 1 aromatic heterocycles. The van der Waals surface area contributed by atoms with Gasteiger partial charge in [-0.2, -0.15) is 5.10 Å². The molecule has 0 aliphatic carbocycles. The fourth-order valence-electron chi connectivity index (χ4n) is 2.76. The molecule has 108 valence electrons. The molecule has 0 saturated heterocycles. The molecule has 0 bridgehead atoms. The van der Waals surface area contributed by atoms with Crippen molar-refractivity contribution in [3.63, 3.8) is 0 Å². The minimum atomic E-state index is -0.879. The molecule has 0 radical (unpaired) electrons. The zero-order chi connectivity index (χ0) is 14.9. The Morgan fingerprint density at radius 2 is 1.70 bits per heavy atom. The zero-order valence-electron chi connectivity index (χ0n) is 13.1. The Hall–Kier alpha value is -1.61. The lowest BCUT2D eigenvalue weighted by Gasteiger charge is -2.25. The summed E-state index contributed by atoms with van der Waals surface area (Å²) in [5.41, 5.74) is 4.53. The lowest BCUT2D eigenvalue weighted by atomic mass is 9.89. The van der Waals surface area contributed by atoms with Gasteiger partial charge in [-0.15, -0.1) is 0 Å². The van der Waals surface area contributed by atoms with Crippen molar-refractivity contribution in [2.75, 3.05) is 0 Å². The van der Waals surface area contributed by atoms with Gasteiger partial charge in [0.2, 0.25) is 0 Å². The van der Waals surface area contributed by atoms with Gasteiger partial charge in [-0.3, -0.25) is 4.68 Å². The molecule has 0 saturated carbocycles. The van der Waals surface area contributed by atoms with E-state index in [4.69, 9.17) is 0 Å². The molecule has 1 atom stereocenters. The molecule has 0 amide bonds. The molecule has 0 aliphatic rings. The number of rotatable bonds is 4. The van der Waals surface area contributed by atoms with E-state index in [1.807, 2.05) is 18.5 Å². The van der Waals surface area contributed by atoms with Crippen molar-refractivity contribution in [1.29, 1.82) is 0 Å². The smallest absolute Gasteiger partial charge is 0.0923 e. The van der Waals surface area contributed by atoms with Crippen molar-refractivity contribution >= 4 is 0 Å². The summed E-state index contributed by atoms with van der Waals surface area (Å²) in [5, 5.41) is 15.3. The monoisotopic (exact) mass is 272 g/mol. The Bertz CT molecular complexity index is 591. The van der Waals surface area contributed by atoms with Crippen molar-refractivity contribution in [3.8, 4) is 0 Å². The van der Waals surface area contributed by atoms with Crippen molar-refractivity contribution in [1.82, 2.24) is 9.78 Å². The second-order valence-corrected chi connectivity index (χ2v) is 5.92. The van der Waals surface area contributed by atoms with Crippen LogP contribution in [0.25, 0.3) is 0 Å². The van der Waals surface area contributed by atoms with Crippen LogP contribution in [0.5, 0.6) is 0 Å². The average Bonchev–Trinajstić information content (AvgIpc) is 2.67. The number of aryl methyl sites for hydroxylation is 4. The van der Waals surface area contributed by atoms with Crippen LogP contribution < -0.4 is 0 Å². The summed E-state index contributed by atoms with van der Waals surface area (Å²) in [5.74, 6) is 0. The molecule has 1 unspecified atom stereocenters. The van der Waals surface area contributed by atoms with Crippen LogP contribution in [0.4, 0.5) is 0 Å². The first-order chi connectivity index (χ1) is 9.31. The van der Waals surface area contributed by atoms with Crippen LogP contribution in [0.3, 0.4) is 0 Å². The van der Waals surface area contributed by atoms with E-state index in [1.165, 1.54) is 11.1 Å². The summed E-state index contributed by atoms with van der Waals surface area (Å²) in [6, 6.07) is 8.31. The van der Waals surface area contributed by atoms with Crippen LogP contribution in [0.2, 0.25) is 0 Å². The molecule has 2 rings (SSSR count). The molecule has 0 spiro atoms. The number of aliphatic hydroxyl groups is 1. The average molecular weight is 272 g/mol. The van der Waals surface area contributed by atoms with Crippen molar-refractivity contribution in [2.45, 2.75) is 53.2 Å². The maximum absolute atomic E-state index is 10.9. The number of benzene rings is 1. The molecule has 3 nitrogen and oxygen atoms in total. The Morgan fingerprint density at radius 1 is 1.10 bits per heavy atom. The molecule has 0 fully saturated rings. The minimum Gasteiger partial charge on any atom is -0.385 e. The first kappa shape index (κ1) is 14.8. The molecule has 1 aromatic carbocycles. The van der Waals surface area contributed by atoms with Crippen molar-refractivity contribution < 1.29 is 5.11 Å². The Balaban J connectivity index is 2.34. The topological polar surface area (TPSA) is 38.0 Å². The highest BCUT2D eigenvalue weighted by Crippen LogP contribution is 2.27. The van der Waals surface area contributed by atoms with Gasteiger partial charge in [0, 0.05) is 18.7 Å². The summed E-state index contributed by atoms with van der Waals surface area (Å²) >= 11 is 0. The molecule has 1 heterocycles. The quantitative estimate of drug-likeness (QED) is 0.927. The standard InChI is InChI=1S/C17H24N2O/c1-6-19-16(10-14(4)18-19)11-17(5,20)15-8-12(2)7-13(3)9-15/h7-10,20H,6,11H2,1-5H3. The van der Waals surface area contributed by atoms with E-state index in [2.05, 4.69) is 50.1 Å². The molecular formula is C17H24N2O. The van der Waals surface area contributed by atoms with Crippen molar-refractivity contribution in [3.05, 3.63) is 52.3 Å². The molecule has 3 heteroatoms. The van der Waals surface area contributed by atoms with E-state index < -0.39 is 5.60 Å². The second-order valence-electron chi connectivity index (χ2n) is 5.92. The van der Waals surface area contributed by atoms with Crippen molar-refractivity contribution in [2.24, 2.45) is 0 Å². The Kier molecular flexibility index (Phi) is 4.00. The van der Waals surface area contributed by atoms with E-state index >= 15 is 0 Å². The van der Waals surface area contributed by atoms with Crippen LogP contribution in [0, 0.1) is 20.8 Å². The minimum absolute atomic E-state index is 0.574. The third-order valence-corrected chi connectivity index (χ3v) is 3.65. The largest absolute Gasteiger partial charge is 0.385 e. The predicted molar refractivity (Wildman–Crippen MR) is 81.8 cm³/mol. The maximum atomic E-state index is 10.9. The van der Waals surface area contributed by atoms with Gasteiger partial charge >= 0.3 is 0 Å². The molecule has 20 heavy (non-hydrogen) atoms. The zero-order valence-corrected chi connectivity index (χ0v) is 13.1. The van der Waals surface area contributed by atoms with E-state index in [-0.39, 0.29) is 0 Å². The van der Waals surface area contributed by atoms with Gasteiger partial charge in [0.05, 0.1) is 11.3 Å². The summed E-state index contributed by atoms with van der Waals surface area (Å²) in [7, 11) is 0. The maximum Gasteiger partial charge on any atom is 0.0923 e. The Morgan fingerprint density at radius 3 is 2.25 bits per heavy atom. The van der Waals surface area contributed by atoms with Gasteiger partial charge in [0.25, 0.3) is 0 Å². The van der Waals surface area contributed by atoms with Gasteiger partial charge in [0.1, 0.15) is 0 Å².